The van der Waals surface area contributed by atoms with Gasteiger partial charge in [0.15, 0.2) is 0 Å². The van der Waals surface area contributed by atoms with Gasteiger partial charge in [-0.25, -0.2) is 14.3 Å². The largest absolute Gasteiger partial charge is 0.489 e. The summed E-state index contributed by atoms with van der Waals surface area (Å²) in [4.78, 5) is 30.9. The number of hydrogen-bond donors (Lipinski definition) is 3. The number of nitrogens with zero attached hydrogens (tertiary/aromatic N) is 2. The Labute approximate surface area is 207 Å². The van der Waals surface area contributed by atoms with E-state index in [1.54, 1.807) is 29.7 Å². The molecule has 3 N–H and O–H groups in total. The molecule has 3 aromatic rings. The van der Waals surface area contributed by atoms with Crippen LogP contribution in [0, 0.1) is 12.8 Å². The van der Waals surface area contributed by atoms with Crippen molar-refractivity contribution in [3.8, 4) is 5.75 Å². The number of benzene rings is 2. The highest BCUT2D eigenvalue weighted by molar-refractivity contribution is 5.95. The minimum absolute atomic E-state index is 0.0780. The molecule has 0 aliphatic carbocycles. The number of halogens is 2. The summed E-state index contributed by atoms with van der Waals surface area (Å²) in [5.74, 6) is -1.26. The molecule has 2 aromatic carbocycles. The van der Waals surface area contributed by atoms with E-state index < -0.39 is 36.7 Å². The Bertz CT molecular complexity index is 1220. The van der Waals surface area contributed by atoms with Crippen LogP contribution in [-0.4, -0.2) is 59.0 Å². The fourth-order valence-electron chi connectivity index (χ4n) is 4.55. The van der Waals surface area contributed by atoms with Gasteiger partial charge in [-0.3, -0.25) is 24.7 Å². The van der Waals surface area contributed by atoms with Gasteiger partial charge in [-0.05, 0) is 56.3 Å². The van der Waals surface area contributed by atoms with Crippen molar-refractivity contribution in [3.05, 3.63) is 71.4 Å². The lowest BCUT2D eigenvalue weighted by Gasteiger charge is -2.37. The normalized spacial score (nSPS) is 18.2. The van der Waals surface area contributed by atoms with Crippen molar-refractivity contribution in [1.82, 2.24) is 20.7 Å². The van der Waals surface area contributed by atoms with E-state index in [9.17, 15) is 18.4 Å². The molecule has 1 saturated heterocycles. The molecule has 2 heterocycles. The molecule has 2 amide bonds. The zero-order chi connectivity index (χ0) is 25.7. The number of nitrogens with one attached hydrogen (secondary N) is 2. The number of carbonyl (C=O) groups excluding carboxylic acids is 2. The summed E-state index contributed by atoms with van der Waals surface area (Å²) < 4.78 is 31.6. The first-order valence-corrected chi connectivity index (χ1v) is 11.7. The molecule has 0 spiro atoms. The van der Waals surface area contributed by atoms with Crippen molar-refractivity contribution in [2.45, 2.75) is 32.4 Å². The summed E-state index contributed by atoms with van der Waals surface area (Å²) in [5, 5.41) is 12.8. The summed E-state index contributed by atoms with van der Waals surface area (Å²) in [6, 6.07) is 15.6. The topological polar surface area (TPSA) is 104 Å². The molecule has 1 fully saturated rings. The van der Waals surface area contributed by atoms with E-state index in [1.807, 2.05) is 37.3 Å². The lowest BCUT2D eigenvalue weighted by Crippen LogP contribution is -2.56. The van der Waals surface area contributed by atoms with Gasteiger partial charge in [0.05, 0.1) is 24.0 Å². The van der Waals surface area contributed by atoms with Gasteiger partial charge < -0.3 is 10.1 Å². The van der Waals surface area contributed by atoms with Crippen molar-refractivity contribution < 1.29 is 28.3 Å². The van der Waals surface area contributed by atoms with E-state index in [0.717, 1.165) is 22.2 Å². The van der Waals surface area contributed by atoms with Crippen LogP contribution in [0.2, 0.25) is 0 Å². The zero-order valence-electron chi connectivity index (χ0n) is 19.8. The molecule has 8 nitrogen and oxygen atoms in total. The molecule has 4 rings (SSSR count). The zero-order valence-corrected chi connectivity index (χ0v) is 19.8. The SMILES string of the molecule is Cc1cc(COc2ccc(C(=O)N[C@@H]3CN(CC(F)F)CC[C@@H]3C(=O)NO)cc2)c2ccccc2n1. The maximum absolute atomic E-state index is 12.9. The number of aromatic nitrogens is 1. The van der Waals surface area contributed by atoms with Gasteiger partial charge in [0.2, 0.25) is 5.91 Å². The van der Waals surface area contributed by atoms with Crippen molar-refractivity contribution in [1.29, 1.82) is 0 Å². The number of hydroxylamine groups is 1. The highest BCUT2D eigenvalue weighted by Gasteiger charge is 2.36. The van der Waals surface area contributed by atoms with E-state index in [2.05, 4.69) is 10.3 Å². The van der Waals surface area contributed by atoms with Crippen LogP contribution in [0.5, 0.6) is 5.75 Å². The Hall–Kier alpha value is -3.63. The van der Waals surface area contributed by atoms with Gasteiger partial charge in [-0.2, -0.15) is 0 Å². The van der Waals surface area contributed by atoms with Crippen LogP contribution >= 0.6 is 0 Å². The molecule has 0 unspecified atom stereocenters. The number of piperidine rings is 1. The van der Waals surface area contributed by atoms with E-state index in [-0.39, 0.29) is 19.5 Å². The number of alkyl halides is 2. The average molecular weight is 499 g/mol. The molecule has 36 heavy (non-hydrogen) atoms. The molecule has 0 saturated carbocycles. The Morgan fingerprint density at radius 1 is 1.19 bits per heavy atom. The third kappa shape index (κ3) is 6.13. The number of rotatable bonds is 8. The van der Waals surface area contributed by atoms with Crippen molar-refractivity contribution in [2.75, 3.05) is 19.6 Å². The standard InChI is InChI=1S/C26H28F2N4O4/c1-16-12-18(20-4-2-3-5-22(20)29-16)15-36-19-8-6-17(7-9-19)25(33)30-23-13-32(14-24(27)28)11-10-21(23)26(34)31-35/h2-9,12,21,23-24,35H,10-11,13-15H2,1H3,(H,30,33)(H,31,34)/t21-,23+/m0/s1. The van der Waals surface area contributed by atoms with Crippen LogP contribution in [0.15, 0.2) is 54.6 Å². The minimum atomic E-state index is -2.52. The van der Waals surface area contributed by atoms with Gasteiger partial charge in [-0.1, -0.05) is 18.2 Å². The third-order valence-corrected chi connectivity index (χ3v) is 6.30. The van der Waals surface area contributed by atoms with E-state index in [0.29, 0.717) is 17.9 Å². The predicted octanol–water partition coefficient (Wildman–Crippen LogP) is 3.31. The first-order valence-electron chi connectivity index (χ1n) is 11.7. The monoisotopic (exact) mass is 498 g/mol. The number of aryl methyl sites for hydroxylation is 1. The minimum Gasteiger partial charge on any atom is -0.489 e. The van der Waals surface area contributed by atoms with Gasteiger partial charge >= 0.3 is 0 Å². The summed E-state index contributed by atoms with van der Waals surface area (Å²) in [5.41, 5.74) is 4.72. The van der Waals surface area contributed by atoms with Crippen molar-refractivity contribution in [3.63, 3.8) is 0 Å². The molecule has 10 heteroatoms. The smallest absolute Gasteiger partial charge is 0.251 e. The highest BCUT2D eigenvalue weighted by atomic mass is 19.3. The molecule has 2 atom stereocenters. The maximum atomic E-state index is 12.9. The summed E-state index contributed by atoms with van der Waals surface area (Å²) in [6.45, 7) is 2.16. The van der Waals surface area contributed by atoms with Crippen LogP contribution < -0.4 is 15.5 Å². The van der Waals surface area contributed by atoms with Gasteiger partial charge in [0.25, 0.3) is 12.3 Å². The fraction of sp³-hybridized carbons (Fsp3) is 0.346. The van der Waals surface area contributed by atoms with Crippen LogP contribution in [0.3, 0.4) is 0 Å². The lowest BCUT2D eigenvalue weighted by atomic mass is 9.90. The lowest BCUT2D eigenvalue weighted by molar-refractivity contribution is -0.136. The Morgan fingerprint density at radius 3 is 2.67 bits per heavy atom. The molecular weight excluding hydrogens is 470 g/mol. The molecule has 1 aliphatic heterocycles. The average Bonchev–Trinajstić information content (AvgIpc) is 2.86. The number of pyridine rings is 1. The second-order valence-corrected chi connectivity index (χ2v) is 8.85. The van der Waals surface area contributed by atoms with E-state index in [1.165, 1.54) is 4.90 Å². The van der Waals surface area contributed by atoms with E-state index >= 15 is 0 Å². The Kier molecular flexibility index (Phi) is 8.07. The quantitative estimate of drug-likeness (QED) is 0.325. The maximum Gasteiger partial charge on any atom is 0.251 e. The molecule has 0 radical (unpaired) electrons. The number of amides is 2. The van der Waals surface area contributed by atoms with Gasteiger partial charge in [0, 0.05) is 28.8 Å². The van der Waals surface area contributed by atoms with Crippen molar-refractivity contribution >= 4 is 22.7 Å². The highest BCUT2D eigenvalue weighted by Crippen LogP contribution is 2.22. The predicted molar refractivity (Wildman–Crippen MR) is 129 cm³/mol. The Morgan fingerprint density at radius 2 is 1.94 bits per heavy atom. The second kappa shape index (κ2) is 11.4. The fourth-order valence-corrected chi connectivity index (χ4v) is 4.55. The van der Waals surface area contributed by atoms with Crippen LogP contribution in [0.25, 0.3) is 10.9 Å². The summed E-state index contributed by atoms with van der Waals surface area (Å²) in [7, 11) is 0. The number of likely N-dealkylation sites (tertiary alicyclic amines) is 1. The van der Waals surface area contributed by atoms with Gasteiger partial charge in [0.1, 0.15) is 12.4 Å². The molecule has 0 bridgehead atoms. The molecule has 190 valence electrons. The third-order valence-electron chi connectivity index (χ3n) is 6.30. The first-order chi connectivity index (χ1) is 17.3. The molecule has 1 aromatic heterocycles. The van der Waals surface area contributed by atoms with Crippen molar-refractivity contribution in [2.24, 2.45) is 5.92 Å². The molecule has 1 aliphatic rings. The number of hydrogen-bond acceptors (Lipinski definition) is 6. The van der Waals surface area contributed by atoms with Crippen LogP contribution in [0.1, 0.15) is 28.0 Å². The number of ether oxygens (including phenoxy) is 1. The van der Waals surface area contributed by atoms with Crippen LogP contribution in [-0.2, 0) is 11.4 Å². The number of carbonyl (C=O) groups is 2. The number of para-hydroxylation sites is 1. The van der Waals surface area contributed by atoms with Gasteiger partial charge in [-0.15, -0.1) is 0 Å². The van der Waals surface area contributed by atoms with E-state index in [4.69, 9.17) is 9.94 Å². The summed E-state index contributed by atoms with van der Waals surface area (Å²) >= 11 is 0. The number of fused-ring (bicyclic) bond motifs is 1. The molecular formula is C26H28F2N4O4. The second-order valence-electron chi connectivity index (χ2n) is 8.85. The summed E-state index contributed by atoms with van der Waals surface area (Å²) in [6.07, 6.45) is -2.29. The van der Waals surface area contributed by atoms with Crippen LogP contribution in [0.4, 0.5) is 8.78 Å². The Balaban J connectivity index is 1.41. The first kappa shape index (κ1) is 25.5.